The summed E-state index contributed by atoms with van der Waals surface area (Å²) in [4.78, 5) is 28.4. The topological polar surface area (TPSA) is 58.6 Å². The molecule has 2 amide bonds. The average Bonchev–Trinajstić information content (AvgIpc) is 3.03. The van der Waals surface area contributed by atoms with Crippen LogP contribution < -0.4 is 15.0 Å². The van der Waals surface area contributed by atoms with Crippen molar-refractivity contribution < 1.29 is 14.3 Å². The highest BCUT2D eigenvalue weighted by atomic mass is 16.5. The van der Waals surface area contributed by atoms with Crippen molar-refractivity contribution in [2.24, 2.45) is 0 Å². The van der Waals surface area contributed by atoms with Gasteiger partial charge in [0.2, 0.25) is 0 Å². The summed E-state index contributed by atoms with van der Waals surface area (Å²) in [7, 11) is 1.59. The van der Waals surface area contributed by atoms with Gasteiger partial charge in [0.15, 0.2) is 0 Å². The van der Waals surface area contributed by atoms with Crippen molar-refractivity contribution in [2.45, 2.75) is 27.2 Å². The molecule has 0 saturated carbocycles. The minimum absolute atomic E-state index is 0.259. The quantitative estimate of drug-likeness (QED) is 0.546. The van der Waals surface area contributed by atoms with Crippen LogP contribution in [0.2, 0.25) is 0 Å². The van der Waals surface area contributed by atoms with Gasteiger partial charge in [0, 0.05) is 11.8 Å². The molecule has 32 heavy (non-hydrogen) atoms. The second kappa shape index (κ2) is 8.71. The van der Waals surface area contributed by atoms with Crippen molar-refractivity contribution in [1.82, 2.24) is 0 Å². The molecule has 0 radical (unpaired) electrons. The van der Waals surface area contributed by atoms with E-state index >= 15 is 0 Å². The van der Waals surface area contributed by atoms with Gasteiger partial charge in [0.25, 0.3) is 11.8 Å². The molecule has 0 bridgehead atoms. The third kappa shape index (κ3) is 3.89. The maximum atomic E-state index is 13.6. The molecule has 0 atom stereocenters. The van der Waals surface area contributed by atoms with Crippen molar-refractivity contribution in [2.75, 3.05) is 17.3 Å². The van der Waals surface area contributed by atoms with E-state index < -0.39 is 0 Å². The number of amides is 2. The lowest BCUT2D eigenvalue weighted by Gasteiger charge is -2.16. The first kappa shape index (κ1) is 21.4. The Balaban J connectivity index is 1.83. The van der Waals surface area contributed by atoms with E-state index in [9.17, 15) is 9.59 Å². The van der Waals surface area contributed by atoms with E-state index in [-0.39, 0.29) is 17.5 Å². The SMILES string of the molecule is CCc1ccc(N2C(=O)C(Nc3cccc(OC)c3)=C(c3ccc(C)cc3C)C2=O)cc1. The van der Waals surface area contributed by atoms with Crippen molar-refractivity contribution in [3.8, 4) is 5.75 Å². The van der Waals surface area contributed by atoms with Gasteiger partial charge in [-0.25, -0.2) is 4.90 Å². The standard InChI is InChI=1S/C27H26N2O3/c1-5-19-10-12-21(13-11-19)29-26(30)24(23-14-9-17(2)15-18(23)3)25(27(29)31)28-20-7-6-8-22(16-20)32-4/h6-16,28H,5H2,1-4H3. The fourth-order valence-electron chi connectivity index (χ4n) is 3.95. The van der Waals surface area contributed by atoms with Gasteiger partial charge < -0.3 is 10.1 Å². The number of carbonyl (C=O) groups excluding carboxylic acids is 2. The molecule has 3 aromatic carbocycles. The predicted molar refractivity (Wildman–Crippen MR) is 128 cm³/mol. The molecule has 0 spiro atoms. The molecule has 162 valence electrons. The molecule has 5 heteroatoms. The molecule has 0 aliphatic carbocycles. The van der Waals surface area contributed by atoms with Gasteiger partial charge in [-0.2, -0.15) is 0 Å². The van der Waals surface area contributed by atoms with E-state index in [0.29, 0.717) is 22.7 Å². The summed E-state index contributed by atoms with van der Waals surface area (Å²) in [6.45, 7) is 6.02. The van der Waals surface area contributed by atoms with E-state index in [2.05, 4.69) is 12.2 Å². The van der Waals surface area contributed by atoms with Crippen molar-refractivity contribution >= 4 is 28.8 Å². The molecule has 0 aromatic heterocycles. The Labute approximate surface area is 188 Å². The van der Waals surface area contributed by atoms with Crippen molar-refractivity contribution in [3.63, 3.8) is 0 Å². The summed E-state index contributed by atoms with van der Waals surface area (Å²) in [5.41, 5.74) is 5.78. The largest absolute Gasteiger partial charge is 0.497 e. The van der Waals surface area contributed by atoms with E-state index in [1.165, 1.54) is 4.90 Å². The van der Waals surface area contributed by atoms with E-state index in [1.54, 1.807) is 13.2 Å². The second-order valence-corrected chi connectivity index (χ2v) is 7.89. The highest BCUT2D eigenvalue weighted by Crippen LogP contribution is 2.35. The van der Waals surface area contributed by atoms with Crippen LogP contribution in [0.25, 0.3) is 5.57 Å². The van der Waals surface area contributed by atoms with Gasteiger partial charge in [0.1, 0.15) is 11.4 Å². The Bertz CT molecular complexity index is 1230. The average molecular weight is 427 g/mol. The first-order chi connectivity index (χ1) is 15.4. The van der Waals surface area contributed by atoms with Gasteiger partial charge in [-0.3, -0.25) is 9.59 Å². The molecular weight excluding hydrogens is 400 g/mol. The Morgan fingerprint density at radius 2 is 1.66 bits per heavy atom. The Morgan fingerprint density at radius 3 is 2.31 bits per heavy atom. The van der Waals surface area contributed by atoms with E-state index in [4.69, 9.17) is 4.74 Å². The molecule has 0 saturated heterocycles. The Morgan fingerprint density at radius 1 is 0.906 bits per heavy atom. The first-order valence-corrected chi connectivity index (χ1v) is 10.6. The number of imide groups is 1. The fraction of sp³-hybridized carbons (Fsp3) is 0.185. The second-order valence-electron chi connectivity index (χ2n) is 7.89. The molecule has 1 N–H and O–H groups in total. The number of methoxy groups -OCH3 is 1. The molecule has 1 heterocycles. The highest BCUT2D eigenvalue weighted by Gasteiger charge is 2.40. The number of nitrogens with zero attached hydrogens (tertiary/aromatic N) is 1. The zero-order valence-corrected chi connectivity index (χ0v) is 18.7. The summed E-state index contributed by atoms with van der Waals surface area (Å²) in [5, 5.41) is 3.20. The minimum Gasteiger partial charge on any atom is -0.497 e. The number of rotatable bonds is 6. The van der Waals surface area contributed by atoms with Gasteiger partial charge in [0.05, 0.1) is 18.4 Å². The number of carbonyl (C=O) groups is 2. The van der Waals surface area contributed by atoms with Crippen LogP contribution in [0.1, 0.15) is 29.2 Å². The smallest absolute Gasteiger partial charge is 0.282 e. The number of hydrogen-bond donors (Lipinski definition) is 1. The van der Waals surface area contributed by atoms with Gasteiger partial charge in [-0.15, -0.1) is 0 Å². The van der Waals surface area contributed by atoms with Crippen LogP contribution in [0.3, 0.4) is 0 Å². The normalized spacial score (nSPS) is 13.7. The third-order valence-corrected chi connectivity index (χ3v) is 5.68. The lowest BCUT2D eigenvalue weighted by molar-refractivity contribution is -0.120. The molecule has 0 fully saturated rings. The number of aryl methyl sites for hydroxylation is 3. The minimum atomic E-state index is -0.378. The summed E-state index contributed by atoms with van der Waals surface area (Å²) < 4.78 is 5.30. The van der Waals surface area contributed by atoms with Crippen LogP contribution in [0, 0.1) is 13.8 Å². The summed E-state index contributed by atoms with van der Waals surface area (Å²) in [6, 6.07) is 20.7. The Kier molecular flexibility index (Phi) is 5.82. The molecular formula is C27H26N2O3. The number of benzene rings is 3. The first-order valence-electron chi connectivity index (χ1n) is 10.6. The maximum Gasteiger partial charge on any atom is 0.282 e. The lowest BCUT2D eigenvalue weighted by atomic mass is 9.97. The predicted octanol–water partition coefficient (Wildman–Crippen LogP) is 5.27. The van der Waals surface area contributed by atoms with Crippen LogP contribution in [0.4, 0.5) is 11.4 Å². The third-order valence-electron chi connectivity index (χ3n) is 5.68. The molecule has 0 unspecified atom stereocenters. The van der Waals surface area contributed by atoms with Gasteiger partial charge in [-0.05, 0) is 61.2 Å². The van der Waals surface area contributed by atoms with Crippen LogP contribution >= 0.6 is 0 Å². The number of ether oxygens (including phenoxy) is 1. The van der Waals surface area contributed by atoms with Gasteiger partial charge >= 0.3 is 0 Å². The molecule has 1 aliphatic rings. The fourth-order valence-corrected chi connectivity index (χ4v) is 3.95. The number of anilines is 2. The zero-order valence-electron chi connectivity index (χ0n) is 18.7. The summed E-state index contributed by atoms with van der Waals surface area (Å²) >= 11 is 0. The highest BCUT2D eigenvalue weighted by molar-refractivity contribution is 6.46. The van der Waals surface area contributed by atoms with E-state index in [1.807, 2.05) is 74.5 Å². The maximum absolute atomic E-state index is 13.6. The zero-order chi connectivity index (χ0) is 22.8. The van der Waals surface area contributed by atoms with Crippen LogP contribution in [0.5, 0.6) is 5.75 Å². The number of nitrogens with one attached hydrogen (secondary N) is 1. The number of hydrogen-bond acceptors (Lipinski definition) is 4. The molecule has 5 nitrogen and oxygen atoms in total. The molecule has 1 aliphatic heterocycles. The summed E-state index contributed by atoms with van der Waals surface area (Å²) in [5.74, 6) is -0.0545. The van der Waals surface area contributed by atoms with Gasteiger partial charge in [-0.1, -0.05) is 48.9 Å². The Hall–Kier alpha value is -3.86. The van der Waals surface area contributed by atoms with Crippen LogP contribution in [-0.2, 0) is 16.0 Å². The lowest BCUT2D eigenvalue weighted by Crippen LogP contribution is -2.32. The van der Waals surface area contributed by atoms with Crippen molar-refractivity contribution in [1.29, 1.82) is 0 Å². The van der Waals surface area contributed by atoms with Crippen molar-refractivity contribution in [3.05, 3.63) is 94.7 Å². The van der Waals surface area contributed by atoms with Crippen LogP contribution in [-0.4, -0.2) is 18.9 Å². The van der Waals surface area contributed by atoms with Crippen LogP contribution in [0.15, 0.2) is 72.4 Å². The summed E-state index contributed by atoms with van der Waals surface area (Å²) in [6.07, 6.45) is 0.886. The van der Waals surface area contributed by atoms with E-state index in [0.717, 1.165) is 28.7 Å². The monoisotopic (exact) mass is 426 g/mol. The molecule has 4 rings (SSSR count). The molecule has 3 aromatic rings.